The molecule has 0 radical (unpaired) electrons. The Bertz CT molecular complexity index is 648. The van der Waals surface area contributed by atoms with E-state index in [2.05, 4.69) is 82.7 Å². The van der Waals surface area contributed by atoms with E-state index in [1.807, 2.05) is 0 Å². The lowest BCUT2D eigenvalue weighted by Gasteiger charge is -2.06. The largest absolute Gasteiger partial charge is 0.385 e. The maximum atomic E-state index is 3.56. The molecule has 0 fully saturated rings. The molecule has 4 nitrogen and oxygen atoms in total. The molecule has 34 heavy (non-hydrogen) atoms. The van der Waals surface area contributed by atoms with Crippen molar-refractivity contribution in [2.45, 2.75) is 117 Å². The van der Waals surface area contributed by atoms with Crippen molar-refractivity contribution >= 4 is 11.4 Å². The molecular formula is C30H52N4+2. The number of rotatable bonds is 21. The van der Waals surface area contributed by atoms with E-state index in [0.29, 0.717) is 0 Å². The van der Waals surface area contributed by atoms with Gasteiger partial charge in [-0.2, -0.15) is 0 Å². The molecule has 0 saturated heterocycles. The SMILES string of the molecule is CCCCCCCCNc1cc[n+](CCCC[n+]2ccc(NCCCCCCCC)cc2)cc1. The van der Waals surface area contributed by atoms with Crippen molar-refractivity contribution in [1.29, 1.82) is 0 Å². The summed E-state index contributed by atoms with van der Waals surface area (Å²) in [6.45, 7) is 8.88. The number of pyridine rings is 2. The minimum atomic E-state index is 1.08. The lowest BCUT2D eigenvalue weighted by Crippen LogP contribution is -2.35. The van der Waals surface area contributed by atoms with Crippen molar-refractivity contribution in [2.24, 2.45) is 0 Å². The summed E-state index contributed by atoms with van der Waals surface area (Å²) in [6.07, 6.45) is 27.4. The highest BCUT2D eigenvalue weighted by Gasteiger charge is 2.05. The molecule has 2 aromatic rings. The number of hydrogen-bond acceptors (Lipinski definition) is 2. The van der Waals surface area contributed by atoms with E-state index in [4.69, 9.17) is 0 Å². The van der Waals surface area contributed by atoms with Crippen LogP contribution in [0.5, 0.6) is 0 Å². The summed E-state index contributed by atoms with van der Waals surface area (Å²) < 4.78 is 4.60. The van der Waals surface area contributed by atoms with Gasteiger partial charge in [-0.1, -0.05) is 78.1 Å². The van der Waals surface area contributed by atoms with Crippen molar-refractivity contribution in [3.05, 3.63) is 49.1 Å². The lowest BCUT2D eigenvalue weighted by atomic mass is 10.1. The summed E-state index contributed by atoms with van der Waals surface area (Å²) in [5, 5.41) is 7.12. The first-order valence-electron chi connectivity index (χ1n) is 14.3. The topological polar surface area (TPSA) is 31.8 Å². The van der Waals surface area contributed by atoms with Crippen molar-refractivity contribution < 1.29 is 9.13 Å². The Labute approximate surface area is 210 Å². The minimum absolute atomic E-state index is 1.08. The number of nitrogens with one attached hydrogen (secondary N) is 2. The van der Waals surface area contributed by atoms with Crippen LogP contribution in [0.25, 0.3) is 0 Å². The minimum Gasteiger partial charge on any atom is -0.385 e. The van der Waals surface area contributed by atoms with Crippen LogP contribution in [0, 0.1) is 0 Å². The van der Waals surface area contributed by atoms with Gasteiger partial charge in [0.2, 0.25) is 0 Å². The highest BCUT2D eigenvalue weighted by Crippen LogP contribution is 2.08. The average Bonchev–Trinajstić information content (AvgIpc) is 2.87. The summed E-state index contributed by atoms with van der Waals surface area (Å²) in [6, 6.07) is 8.84. The van der Waals surface area contributed by atoms with Gasteiger partial charge in [0.05, 0.1) is 0 Å². The molecule has 2 heterocycles. The summed E-state index contributed by atoms with van der Waals surface area (Å²) in [4.78, 5) is 0. The summed E-state index contributed by atoms with van der Waals surface area (Å²) >= 11 is 0. The Kier molecular flexibility index (Phi) is 15.9. The summed E-state index contributed by atoms with van der Waals surface area (Å²) in [5.74, 6) is 0. The van der Waals surface area contributed by atoms with Crippen LogP contribution in [0.1, 0.15) is 104 Å². The van der Waals surface area contributed by atoms with Crippen LogP contribution in [0.4, 0.5) is 11.4 Å². The lowest BCUT2D eigenvalue weighted by molar-refractivity contribution is -0.708. The van der Waals surface area contributed by atoms with Gasteiger partial charge in [-0.3, -0.25) is 0 Å². The van der Waals surface area contributed by atoms with Gasteiger partial charge in [-0.15, -0.1) is 0 Å². The molecule has 190 valence electrons. The Morgan fingerprint density at radius 2 is 0.824 bits per heavy atom. The molecule has 0 aliphatic carbocycles. The fourth-order valence-corrected chi connectivity index (χ4v) is 4.31. The number of unbranched alkanes of at least 4 members (excludes halogenated alkanes) is 11. The van der Waals surface area contributed by atoms with E-state index in [1.54, 1.807) is 0 Å². The molecule has 0 aromatic carbocycles. The number of hydrogen-bond donors (Lipinski definition) is 2. The van der Waals surface area contributed by atoms with Gasteiger partial charge in [-0.25, -0.2) is 9.13 Å². The monoisotopic (exact) mass is 468 g/mol. The van der Waals surface area contributed by atoms with E-state index >= 15 is 0 Å². The first-order valence-corrected chi connectivity index (χ1v) is 14.3. The number of aryl methyl sites for hydroxylation is 2. The second kappa shape index (κ2) is 19.2. The van der Waals surface area contributed by atoms with E-state index in [1.165, 1.54) is 101 Å². The Balaban J connectivity index is 1.51. The standard InChI is InChI=1S/C30H50N4/c1-3-5-7-9-11-13-21-31-29-17-25-33(26-18-29)23-15-16-24-34-27-19-30(20-28-34)32-22-14-12-10-8-6-4-2/h17-20,25-28H,3-16,21-24H2,1-2H3/p+2. The second-order valence-corrected chi connectivity index (χ2v) is 9.75. The first kappa shape index (κ1) is 28.1. The third kappa shape index (κ3) is 13.6. The van der Waals surface area contributed by atoms with Crippen LogP contribution in [0.3, 0.4) is 0 Å². The molecule has 0 amide bonds. The average molecular weight is 469 g/mol. The Morgan fingerprint density at radius 1 is 0.471 bits per heavy atom. The highest BCUT2D eigenvalue weighted by atomic mass is 15.0. The highest BCUT2D eigenvalue weighted by molar-refractivity contribution is 5.40. The first-order chi connectivity index (χ1) is 16.8. The smallest absolute Gasteiger partial charge is 0.170 e. The van der Waals surface area contributed by atoms with Crippen molar-refractivity contribution in [2.75, 3.05) is 23.7 Å². The van der Waals surface area contributed by atoms with Crippen LogP contribution in [0.15, 0.2) is 49.1 Å². The molecular weight excluding hydrogens is 416 g/mol. The zero-order valence-electron chi connectivity index (χ0n) is 22.2. The number of nitrogens with zero attached hydrogens (tertiary/aromatic N) is 2. The van der Waals surface area contributed by atoms with Gasteiger partial charge < -0.3 is 10.6 Å². The van der Waals surface area contributed by atoms with Gasteiger partial charge in [0.15, 0.2) is 24.8 Å². The molecule has 0 saturated carbocycles. The van der Waals surface area contributed by atoms with E-state index in [0.717, 1.165) is 26.2 Å². The molecule has 2 aromatic heterocycles. The molecule has 0 unspecified atom stereocenters. The van der Waals surface area contributed by atoms with E-state index in [-0.39, 0.29) is 0 Å². The van der Waals surface area contributed by atoms with Crippen LogP contribution in [-0.2, 0) is 13.1 Å². The van der Waals surface area contributed by atoms with Crippen LogP contribution < -0.4 is 19.8 Å². The molecule has 0 atom stereocenters. The predicted molar refractivity (Wildman–Crippen MR) is 146 cm³/mol. The fraction of sp³-hybridized carbons (Fsp3) is 0.667. The maximum absolute atomic E-state index is 3.56. The van der Waals surface area contributed by atoms with Gasteiger partial charge >= 0.3 is 0 Å². The quantitative estimate of drug-likeness (QED) is 0.149. The normalized spacial score (nSPS) is 11.0. The van der Waals surface area contributed by atoms with Crippen molar-refractivity contribution in [3.63, 3.8) is 0 Å². The van der Waals surface area contributed by atoms with Gasteiger partial charge in [0.1, 0.15) is 13.1 Å². The number of aromatic nitrogens is 2. The molecule has 4 heteroatoms. The third-order valence-corrected chi connectivity index (χ3v) is 6.58. The second-order valence-electron chi connectivity index (χ2n) is 9.75. The van der Waals surface area contributed by atoms with Crippen LogP contribution in [-0.4, -0.2) is 13.1 Å². The molecule has 2 rings (SSSR count). The van der Waals surface area contributed by atoms with Gasteiger partial charge in [0, 0.05) is 61.6 Å². The van der Waals surface area contributed by atoms with Gasteiger partial charge in [0.25, 0.3) is 0 Å². The third-order valence-electron chi connectivity index (χ3n) is 6.58. The molecule has 2 N–H and O–H groups in total. The predicted octanol–water partition coefficient (Wildman–Crippen LogP) is 7.29. The maximum Gasteiger partial charge on any atom is 0.170 e. The molecule has 0 spiro atoms. The van der Waals surface area contributed by atoms with Crippen LogP contribution in [0.2, 0.25) is 0 Å². The van der Waals surface area contributed by atoms with Crippen molar-refractivity contribution in [1.82, 2.24) is 0 Å². The van der Waals surface area contributed by atoms with Gasteiger partial charge in [-0.05, 0) is 12.8 Å². The van der Waals surface area contributed by atoms with E-state index in [9.17, 15) is 0 Å². The number of anilines is 2. The molecule has 0 aliphatic rings. The Morgan fingerprint density at radius 3 is 1.21 bits per heavy atom. The zero-order chi connectivity index (χ0) is 24.1. The van der Waals surface area contributed by atoms with Crippen molar-refractivity contribution in [3.8, 4) is 0 Å². The van der Waals surface area contributed by atoms with Crippen LogP contribution >= 0.6 is 0 Å². The van der Waals surface area contributed by atoms with E-state index < -0.39 is 0 Å². The summed E-state index contributed by atoms with van der Waals surface area (Å²) in [5.41, 5.74) is 2.48. The summed E-state index contributed by atoms with van der Waals surface area (Å²) in [7, 11) is 0. The zero-order valence-corrected chi connectivity index (χ0v) is 22.2. The molecule has 0 bridgehead atoms. The fourth-order valence-electron chi connectivity index (χ4n) is 4.31. The Hall–Kier alpha value is -2.10. The molecule has 0 aliphatic heterocycles.